The Labute approximate surface area is 247 Å². The molecule has 2 aliphatic carbocycles. The molecule has 41 heavy (non-hydrogen) atoms. The lowest BCUT2D eigenvalue weighted by molar-refractivity contribution is -0.135. The van der Waals surface area contributed by atoms with Crippen molar-refractivity contribution in [3.8, 4) is 5.75 Å². The predicted molar refractivity (Wildman–Crippen MR) is 166 cm³/mol. The van der Waals surface area contributed by atoms with Crippen molar-refractivity contribution in [1.82, 2.24) is 0 Å². The fraction of sp³-hybridized carbons (Fsp3) is 0.541. The molecule has 0 saturated heterocycles. The molecule has 0 heterocycles. The van der Waals surface area contributed by atoms with Crippen LogP contribution in [0, 0.1) is 48.3 Å². The molecule has 6 atom stereocenters. The molecule has 0 aromatic heterocycles. The summed E-state index contributed by atoms with van der Waals surface area (Å²) in [5.74, 6) is 1.11. The first-order valence-corrected chi connectivity index (χ1v) is 15.5. The lowest BCUT2D eigenvalue weighted by atomic mass is 9.66. The van der Waals surface area contributed by atoms with Gasteiger partial charge in [-0.3, -0.25) is 14.4 Å². The van der Waals surface area contributed by atoms with Crippen LogP contribution in [-0.4, -0.2) is 24.5 Å². The van der Waals surface area contributed by atoms with E-state index in [1.54, 1.807) is 21.0 Å². The lowest BCUT2D eigenvalue weighted by Gasteiger charge is -2.38. The third-order valence-corrected chi connectivity index (χ3v) is 9.99. The molecule has 0 radical (unpaired) electrons. The number of rotatable bonds is 10. The van der Waals surface area contributed by atoms with Crippen LogP contribution in [-0.2, 0) is 16.0 Å². The Kier molecular flexibility index (Phi) is 9.41. The zero-order valence-electron chi connectivity index (χ0n) is 26.4. The van der Waals surface area contributed by atoms with Crippen molar-refractivity contribution < 1.29 is 19.1 Å². The van der Waals surface area contributed by atoms with Gasteiger partial charge in [0.2, 0.25) is 11.6 Å². The van der Waals surface area contributed by atoms with Crippen LogP contribution < -0.4 is 4.74 Å². The summed E-state index contributed by atoms with van der Waals surface area (Å²) in [5.41, 5.74) is 5.29. The summed E-state index contributed by atoms with van der Waals surface area (Å²) >= 11 is 0. The number of carbonyl (C=O) groups excluding carboxylic acids is 3. The molecule has 4 rings (SSSR count). The second kappa shape index (κ2) is 12.5. The van der Waals surface area contributed by atoms with Crippen LogP contribution in [0.15, 0.2) is 42.5 Å². The maximum absolute atomic E-state index is 14.2. The molecule has 2 aromatic rings. The summed E-state index contributed by atoms with van der Waals surface area (Å²) in [6.45, 7) is 16.6. The minimum atomic E-state index is -0.457. The van der Waals surface area contributed by atoms with Crippen molar-refractivity contribution in [2.24, 2.45) is 41.4 Å². The first kappa shape index (κ1) is 30.9. The van der Waals surface area contributed by atoms with E-state index in [4.69, 9.17) is 4.74 Å². The normalized spacial score (nSPS) is 24.7. The van der Waals surface area contributed by atoms with Crippen LogP contribution in [0.4, 0.5) is 0 Å². The molecule has 0 spiro atoms. The molecule has 0 bridgehead atoms. The number of aryl methyl sites for hydroxylation is 1. The molecule has 0 aliphatic heterocycles. The zero-order valence-corrected chi connectivity index (χ0v) is 26.4. The minimum Gasteiger partial charge on any atom is -0.496 e. The van der Waals surface area contributed by atoms with Gasteiger partial charge < -0.3 is 4.74 Å². The molecule has 4 nitrogen and oxygen atoms in total. The first-order valence-electron chi connectivity index (χ1n) is 15.5. The van der Waals surface area contributed by atoms with Gasteiger partial charge in [-0.15, -0.1) is 0 Å². The number of carbonyl (C=O) groups is 3. The van der Waals surface area contributed by atoms with Crippen LogP contribution in [0.2, 0.25) is 0 Å². The summed E-state index contributed by atoms with van der Waals surface area (Å²) in [6.07, 6.45) is 4.83. The Morgan fingerprint density at radius 2 is 1.59 bits per heavy atom. The highest BCUT2D eigenvalue weighted by Gasteiger charge is 2.40. The molecule has 2 aromatic carbocycles. The zero-order chi connectivity index (χ0) is 30.2. The quantitative estimate of drug-likeness (QED) is 0.218. The monoisotopic (exact) mass is 556 g/mol. The van der Waals surface area contributed by atoms with Crippen LogP contribution in [0.1, 0.15) is 99.8 Å². The van der Waals surface area contributed by atoms with E-state index in [-0.39, 0.29) is 35.4 Å². The average molecular weight is 557 g/mol. The van der Waals surface area contributed by atoms with Gasteiger partial charge >= 0.3 is 0 Å². The van der Waals surface area contributed by atoms with Crippen molar-refractivity contribution in [2.75, 3.05) is 7.11 Å². The van der Waals surface area contributed by atoms with Crippen LogP contribution in [0.25, 0.3) is 5.57 Å². The Bertz CT molecular complexity index is 1330. The molecule has 1 saturated carbocycles. The summed E-state index contributed by atoms with van der Waals surface area (Å²) in [6, 6.07) is 12.6. The summed E-state index contributed by atoms with van der Waals surface area (Å²) in [5, 5.41) is 0. The van der Waals surface area contributed by atoms with E-state index >= 15 is 0 Å². The van der Waals surface area contributed by atoms with Gasteiger partial charge in [0.1, 0.15) is 5.75 Å². The number of ketones is 3. The van der Waals surface area contributed by atoms with Gasteiger partial charge in [-0.25, -0.2) is 0 Å². The molecule has 1 fully saturated rings. The summed E-state index contributed by atoms with van der Waals surface area (Å²) in [7, 11) is 1.61. The number of hydrogen-bond acceptors (Lipinski definition) is 4. The minimum absolute atomic E-state index is 0.0156. The Balaban J connectivity index is 1.66. The van der Waals surface area contributed by atoms with Crippen LogP contribution in [0.3, 0.4) is 0 Å². The standard InChI is InChI=1S/C37H48O4/c1-20(2)25(8)29-17-32(37(40)35(38)21(3)4)30-18-33(34(41-9)19-31(29)30)36(39)28-15-23(6)27(14-24(28)7)16-26-12-10-22(5)11-13-26/h10-13,17-21,23-25,27-29H,14-16H2,1-9H3/t23?,24-,25?,27?,28?,29?/m1/s1. The highest BCUT2D eigenvalue weighted by Crippen LogP contribution is 2.47. The number of ether oxygens (including phenoxy) is 1. The number of fused-ring (bicyclic) bond motifs is 1. The molecule has 220 valence electrons. The van der Waals surface area contributed by atoms with Crippen LogP contribution in [0.5, 0.6) is 5.75 Å². The number of methoxy groups -OCH3 is 1. The third-order valence-electron chi connectivity index (χ3n) is 9.99. The predicted octanol–water partition coefficient (Wildman–Crippen LogP) is 8.29. The Hall–Kier alpha value is -3.01. The highest BCUT2D eigenvalue weighted by atomic mass is 16.5. The van der Waals surface area contributed by atoms with E-state index in [1.807, 2.05) is 18.2 Å². The van der Waals surface area contributed by atoms with Crippen molar-refractivity contribution >= 4 is 22.9 Å². The summed E-state index contributed by atoms with van der Waals surface area (Å²) in [4.78, 5) is 40.4. The first-order chi connectivity index (χ1) is 19.3. The van der Waals surface area contributed by atoms with E-state index in [9.17, 15) is 14.4 Å². The summed E-state index contributed by atoms with van der Waals surface area (Å²) < 4.78 is 5.83. The maximum atomic E-state index is 14.2. The van der Waals surface area contributed by atoms with Gasteiger partial charge in [0.05, 0.1) is 12.7 Å². The van der Waals surface area contributed by atoms with E-state index in [0.717, 1.165) is 30.4 Å². The smallest absolute Gasteiger partial charge is 0.229 e. The SMILES string of the molecule is COc1cc2c(cc1C(=O)C1CC(C)C(Cc3ccc(C)cc3)C[C@H]1C)C(C(=O)C(=O)C(C)C)=CC2C(C)C(C)C. The molecule has 4 heteroatoms. The molecule has 0 N–H and O–H groups in total. The molecule has 2 aliphatic rings. The van der Waals surface area contributed by atoms with Crippen molar-refractivity contribution in [3.05, 3.63) is 70.3 Å². The van der Waals surface area contributed by atoms with Gasteiger partial charge in [0, 0.05) is 23.3 Å². The number of benzene rings is 2. The number of hydrogen-bond donors (Lipinski definition) is 0. The average Bonchev–Trinajstić information content (AvgIpc) is 3.31. The van der Waals surface area contributed by atoms with E-state index < -0.39 is 11.6 Å². The topological polar surface area (TPSA) is 60.4 Å². The highest BCUT2D eigenvalue weighted by molar-refractivity contribution is 6.54. The lowest BCUT2D eigenvalue weighted by Crippen LogP contribution is -2.35. The molecular weight excluding hydrogens is 508 g/mol. The molecular formula is C37H48O4. The van der Waals surface area contributed by atoms with E-state index in [0.29, 0.717) is 34.6 Å². The molecule has 0 amide bonds. The van der Waals surface area contributed by atoms with Gasteiger partial charge in [0.25, 0.3) is 0 Å². The number of allylic oxidation sites excluding steroid dienone is 2. The van der Waals surface area contributed by atoms with Crippen molar-refractivity contribution in [3.63, 3.8) is 0 Å². The van der Waals surface area contributed by atoms with Crippen LogP contribution >= 0.6 is 0 Å². The third kappa shape index (κ3) is 6.27. The molecule has 5 unspecified atom stereocenters. The largest absolute Gasteiger partial charge is 0.496 e. The van der Waals surface area contributed by atoms with Gasteiger partial charge in [-0.1, -0.05) is 84.4 Å². The Morgan fingerprint density at radius 3 is 2.17 bits per heavy atom. The van der Waals surface area contributed by atoms with Gasteiger partial charge in [0.15, 0.2) is 5.78 Å². The number of Topliss-reactive ketones (excluding diaryl/α,β-unsaturated/α-hetero) is 3. The maximum Gasteiger partial charge on any atom is 0.229 e. The Morgan fingerprint density at radius 1 is 0.927 bits per heavy atom. The van der Waals surface area contributed by atoms with E-state index in [2.05, 4.69) is 65.8 Å². The fourth-order valence-electron chi connectivity index (χ4n) is 6.84. The second-order valence-electron chi connectivity index (χ2n) is 13.5. The van der Waals surface area contributed by atoms with Gasteiger partial charge in [-0.05, 0) is 84.6 Å². The van der Waals surface area contributed by atoms with Crippen molar-refractivity contribution in [1.29, 1.82) is 0 Å². The second-order valence-corrected chi connectivity index (χ2v) is 13.5. The fourth-order valence-corrected chi connectivity index (χ4v) is 6.84. The van der Waals surface area contributed by atoms with E-state index in [1.165, 1.54) is 11.1 Å². The van der Waals surface area contributed by atoms with Crippen molar-refractivity contribution in [2.45, 2.75) is 80.6 Å². The van der Waals surface area contributed by atoms with Gasteiger partial charge in [-0.2, -0.15) is 0 Å².